The summed E-state index contributed by atoms with van der Waals surface area (Å²) in [4.78, 5) is 2.19. The first-order valence-corrected chi connectivity index (χ1v) is 6.73. The third-order valence-corrected chi connectivity index (χ3v) is 4.23. The Hall–Kier alpha value is -0.800. The molecule has 1 aliphatic heterocycles. The molecule has 1 saturated heterocycles. The van der Waals surface area contributed by atoms with Crippen molar-refractivity contribution in [2.24, 2.45) is 0 Å². The van der Waals surface area contributed by atoms with Gasteiger partial charge in [-0.05, 0) is 18.9 Å². The molecular weight excluding hydrogens is 234 g/mol. The molecule has 1 atom stereocenters. The first-order valence-electron chi connectivity index (χ1n) is 5.34. The van der Waals surface area contributed by atoms with E-state index < -0.39 is 0 Å². The smallest absolute Gasteiger partial charge is 0.140 e. The molecule has 0 N–H and O–H groups in total. The van der Waals surface area contributed by atoms with E-state index in [0.717, 1.165) is 22.2 Å². The molecule has 16 heavy (non-hydrogen) atoms. The first-order chi connectivity index (χ1) is 7.68. The fourth-order valence-electron chi connectivity index (χ4n) is 1.96. The molecular formula is C13H15NS2. The lowest BCUT2D eigenvalue weighted by molar-refractivity contribution is 0.426. The van der Waals surface area contributed by atoms with Crippen LogP contribution in [0.4, 0.5) is 0 Å². The van der Waals surface area contributed by atoms with Crippen molar-refractivity contribution in [2.75, 3.05) is 5.75 Å². The Kier molecular flexibility index (Phi) is 3.66. The van der Waals surface area contributed by atoms with Crippen molar-refractivity contribution in [3.05, 3.63) is 48.2 Å². The second-order valence-electron chi connectivity index (χ2n) is 4.03. The minimum Gasteiger partial charge on any atom is -0.328 e. The molecule has 84 valence electrons. The van der Waals surface area contributed by atoms with Gasteiger partial charge in [0.05, 0.1) is 0 Å². The number of thiocarbonyl (C=S) groups is 1. The minimum absolute atomic E-state index is 0.470. The maximum atomic E-state index is 5.34. The van der Waals surface area contributed by atoms with Crippen molar-refractivity contribution in [1.29, 1.82) is 0 Å². The zero-order valence-electron chi connectivity index (χ0n) is 9.35. The van der Waals surface area contributed by atoms with Crippen molar-refractivity contribution in [1.82, 2.24) is 4.90 Å². The van der Waals surface area contributed by atoms with E-state index in [1.54, 1.807) is 11.8 Å². The van der Waals surface area contributed by atoms with Crippen LogP contribution in [-0.2, 0) is 6.42 Å². The maximum absolute atomic E-state index is 5.34. The van der Waals surface area contributed by atoms with Gasteiger partial charge in [0.25, 0.3) is 0 Å². The van der Waals surface area contributed by atoms with Gasteiger partial charge in [-0.2, -0.15) is 0 Å². The van der Waals surface area contributed by atoms with Crippen LogP contribution in [0.5, 0.6) is 0 Å². The van der Waals surface area contributed by atoms with Crippen LogP contribution in [0.15, 0.2) is 42.6 Å². The van der Waals surface area contributed by atoms with Gasteiger partial charge in [0, 0.05) is 17.5 Å². The van der Waals surface area contributed by atoms with Crippen molar-refractivity contribution in [3.63, 3.8) is 0 Å². The van der Waals surface area contributed by atoms with Gasteiger partial charge in [-0.15, -0.1) is 0 Å². The van der Waals surface area contributed by atoms with E-state index in [9.17, 15) is 0 Å². The highest BCUT2D eigenvalue weighted by atomic mass is 32.2. The van der Waals surface area contributed by atoms with Crippen LogP contribution in [0.25, 0.3) is 0 Å². The number of hydrogen-bond acceptors (Lipinski definition) is 2. The van der Waals surface area contributed by atoms with Gasteiger partial charge < -0.3 is 4.90 Å². The molecule has 3 heteroatoms. The highest BCUT2D eigenvalue weighted by Gasteiger charge is 2.29. The lowest BCUT2D eigenvalue weighted by atomic mass is 10.1. The van der Waals surface area contributed by atoms with Crippen molar-refractivity contribution in [2.45, 2.75) is 19.4 Å². The van der Waals surface area contributed by atoms with Crippen LogP contribution >= 0.6 is 24.0 Å². The molecule has 0 radical (unpaired) electrons. The van der Waals surface area contributed by atoms with Crippen molar-refractivity contribution < 1.29 is 0 Å². The summed E-state index contributed by atoms with van der Waals surface area (Å²) in [5, 5.41) is 0. The summed E-state index contributed by atoms with van der Waals surface area (Å²) in [6, 6.07) is 11.0. The zero-order chi connectivity index (χ0) is 11.5. The van der Waals surface area contributed by atoms with Gasteiger partial charge in [0.1, 0.15) is 4.32 Å². The van der Waals surface area contributed by atoms with Gasteiger partial charge in [-0.25, -0.2) is 0 Å². The van der Waals surface area contributed by atoms with E-state index in [1.807, 2.05) is 13.0 Å². The molecule has 1 nitrogen and oxygen atoms in total. The van der Waals surface area contributed by atoms with E-state index >= 15 is 0 Å². The molecule has 2 rings (SSSR count). The lowest BCUT2D eigenvalue weighted by Gasteiger charge is -2.25. The largest absolute Gasteiger partial charge is 0.328 e. The third kappa shape index (κ3) is 2.47. The van der Waals surface area contributed by atoms with E-state index in [1.165, 1.54) is 5.56 Å². The molecule has 1 heterocycles. The Balaban J connectivity index is 2.10. The number of allylic oxidation sites excluding steroid dienone is 1. The summed E-state index contributed by atoms with van der Waals surface area (Å²) in [7, 11) is 0. The number of nitrogens with zero attached hydrogens (tertiary/aromatic N) is 1. The molecule has 0 saturated carbocycles. The highest BCUT2D eigenvalue weighted by molar-refractivity contribution is 8.23. The summed E-state index contributed by atoms with van der Waals surface area (Å²) in [6.45, 7) is 6.03. The van der Waals surface area contributed by atoms with E-state index in [2.05, 4.69) is 35.7 Å². The van der Waals surface area contributed by atoms with Crippen LogP contribution in [0.1, 0.15) is 12.5 Å². The summed E-state index contributed by atoms with van der Waals surface area (Å²) in [5.41, 5.74) is 2.42. The van der Waals surface area contributed by atoms with Gasteiger partial charge in [-0.3, -0.25) is 0 Å². The summed E-state index contributed by atoms with van der Waals surface area (Å²) < 4.78 is 0.966. The SMILES string of the molecule is C=C(C)N1C(=S)SC[C@H]1Cc1ccccc1. The van der Waals surface area contributed by atoms with Crippen molar-refractivity contribution >= 4 is 28.3 Å². The second-order valence-corrected chi connectivity index (χ2v) is 5.68. The Labute approximate surface area is 107 Å². The molecule has 0 spiro atoms. The summed E-state index contributed by atoms with van der Waals surface area (Å²) >= 11 is 7.10. The van der Waals surface area contributed by atoms with Crippen molar-refractivity contribution in [3.8, 4) is 0 Å². The van der Waals surface area contributed by atoms with Gasteiger partial charge >= 0.3 is 0 Å². The minimum atomic E-state index is 0.470. The van der Waals surface area contributed by atoms with Crippen LogP contribution in [0, 0.1) is 0 Å². The molecule has 1 aromatic rings. The number of thioether (sulfide) groups is 1. The quantitative estimate of drug-likeness (QED) is 0.755. The lowest BCUT2D eigenvalue weighted by Crippen LogP contribution is -2.32. The normalized spacial score (nSPS) is 20.2. The Morgan fingerprint density at radius 1 is 1.50 bits per heavy atom. The standard InChI is InChI=1S/C13H15NS2/c1-10(2)14-12(9-16-13(14)15)8-11-6-4-3-5-7-11/h3-7,12H,1,8-9H2,2H3/t12-/m1/s1. The zero-order valence-corrected chi connectivity index (χ0v) is 11.0. The molecule has 0 aromatic heterocycles. The fourth-order valence-corrected chi connectivity index (χ4v) is 3.52. The second kappa shape index (κ2) is 5.02. The number of rotatable bonds is 3. The fraction of sp³-hybridized carbons (Fsp3) is 0.308. The van der Waals surface area contributed by atoms with Gasteiger partial charge in [0.2, 0.25) is 0 Å². The van der Waals surface area contributed by atoms with Crippen LogP contribution in [0.3, 0.4) is 0 Å². The van der Waals surface area contributed by atoms with E-state index in [4.69, 9.17) is 12.2 Å². The summed E-state index contributed by atoms with van der Waals surface area (Å²) in [6.07, 6.45) is 1.04. The Morgan fingerprint density at radius 2 is 2.19 bits per heavy atom. The average molecular weight is 249 g/mol. The maximum Gasteiger partial charge on any atom is 0.140 e. The molecule has 1 aromatic carbocycles. The first kappa shape index (κ1) is 11.7. The highest BCUT2D eigenvalue weighted by Crippen LogP contribution is 2.29. The van der Waals surface area contributed by atoms with Crippen LogP contribution in [0.2, 0.25) is 0 Å². The Bertz CT molecular complexity index is 400. The summed E-state index contributed by atoms with van der Waals surface area (Å²) in [5.74, 6) is 1.07. The molecule has 0 aliphatic carbocycles. The predicted molar refractivity (Wildman–Crippen MR) is 75.6 cm³/mol. The average Bonchev–Trinajstić information content (AvgIpc) is 2.61. The van der Waals surface area contributed by atoms with Gasteiger partial charge in [-0.1, -0.05) is 60.9 Å². The monoisotopic (exact) mass is 249 g/mol. The van der Waals surface area contributed by atoms with E-state index in [-0.39, 0.29) is 0 Å². The Morgan fingerprint density at radius 3 is 2.81 bits per heavy atom. The van der Waals surface area contributed by atoms with Crippen LogP contribution in [-0.4, -0.2) is 21.0 Å². The topological polar surface area (TPSA) is 3.24 Å². The predicted octanol–water partition coefficient (Wildman–Crippen LogP) is 3.47. The molecule has 1 fully saturated rings. The molecule has 1 aliphatic rings. The van der Waals surface area contributed by atoms with Gasteiger partial charge in [0.15, 0.2) is 0 Å². The molecule has 0 unspecified atom stereocenters. The van der Waals surface area contributed by atoms with Crippen LogP contribution < -0.4 is 0 Å². The number of hydrogen-bond donors (Lipinski definition) is 0. The number of benzene rings is 1. The third-order valence-electron chi connectivity index (χ3n) is 2.69. The molecule has 0 bridgehead atoms. The van der Waals surface area contributed by atoms with E-state index in [0.29, 0.717) is 6.04 Å². The molecule has 0 amide bonds.